The fourth-order valence-electron chi connectivity index (χ4n) is 8.43. The monoisotopic (exact) mass is 1210 g/mol. The Bertz CT molecular complexity index is 2300. The second kappa shape index (κ2) is 39.7. The first-order valence-corrected chi connectivity index (χ1v) is 28.6. The second-order valence-electron chi connectivity index (χ2n) is 21.5. The summed E-state index contributed by atoms with van der Waals surface area (Å²) in [6, 6.07) is -12.2. The molecule has 0 aromatic heterocycles. The predicted molar refractivity (Wildman–Crippen MR) is 309 cm³/mol. The average Bonchev–Trinajstić information content (AvgIpc) is 3.13. The number of nitrogens with zero attached hydrogens (tertiary/aromatic N) is 2. The molecule has 0 aliphatic carbocycles. The van der Waals surface area contributed by atoms with Gasteiger partial charge in [0, 0.05) is 13.1 Å². The highest BCUT2D eigenvalue weighted by molar-refractivity contribution is 5.99. The lowest BCUT2D eigenvalue weighted by atomic mass is 9.99. The molecule has 0 aromatic rings. The Labute approximate surface area is 494 Å². The van der Waals surface area contributed by atoms with Gasteiger partial charge in [0.2, 0.25) is 70.9 Å². The van der Waals surface area contributed by atoms with Gasteiger partial charge in [-0.2, -0.15) is 0 Å². The lowest BCUT2D eigenvalue weighted by Crippen LogP contribution is -2.60. The van der Waals surface area contributed by atoms with Gasteiger partial charge in [-0.3, -0.25) is 62.5 Å². The Morgan fingerprint density at radius 1 is 0.541 bits per heavy atom. The fraction of sp³-hybridized carbons (Fsp3) is 0.731. The van der Waals surface area contributed by atoms with Gasteiger partial charge < -0.3 is 102 Å². The van der Waals surface area contributed by atoms with Crippen LogP contribution in [0.1, 0.15) is 119 Å². The van der Waals surface area contributed by atoms with E-state index >= 15 is 0 Å². The van der Waals surface area contributed by atoms with Crippen LogP contribution in [0.3, 0.4) is 0 Å². The van der Waals surface area contributed by atoms with Crippen LogP contribution in [0.5, 0.6) is 0 Å². The molecule has 482 valence electrons. The quantitative estimate of drug-likeness (QED) is 0.0154. The lowest BCUT2D eigenvalue weighted by molar-refractivity contribution is -0.143. The second-order valence-corrected chi connectivity index (χ2v) is 21.5. The van der Waals surface area contributed by atoms with Crippen LogP contribution < -0.4 is 87.2 Å². The van der Waals surface area contributed by atoms with E-state index in [1.54, 1.807) is 27.7 Å². The molecule has 23 N–H and O–H groups in total. The van der Waals surface area contributed by atoms with E-state index in [0.717, 1.165) is 0 Å². The first kappa shape index (κ1) is 75.2. The molecule has 85 heavy (non-hydrogen) atoms. The van der Waals surface area contributed by atoms with Crippen molar-refractivity contribution in [3.8, 4) is 0 Å². The van der Waals surface area contributed by atoms with Crippen LogP contribution in [-0.4, -0.2) is 211 Å². The molecule has 0 saturated carbocycles. The number of hydrogen-bond acceptors (Lipinski definition) is 18. The number of aliphatic hydroxyl groups excluding tert-OH is 1. The summed E-state index contributed by atoms with van der Waals surface area (Å²) in [5, 5.41) is 46.2. The van der Waals surface area contributed by atoms with Gasteiger partial charge in [0.05, 0.1) is 32.3 Å². The molecule has 12 amide bonds. The topological polar surface area (TPSA) is 540 Å². The molecule has 0 bridgehead atoms. The Morgan fingerprint density at radius 3 is 1.53 bits per heavy atom. The van der Waals surface area contributed by atoms with Crippen molar-refractivity contribution in [3.63, 3.8) is 0 Å². The number of carbonyl (C=O) groups excluding carboxylic acids is 12. The van der Waals surface area contributed by atoms with E-state index in [1.165, 1.54) is 25.7 Å². The van der Waals surface area contributed by atoms with Gasteiger partial charge in [0.1, 0.15) is 54.4 Å². The van der Waals surface area contributed by atoms with E-state index in [-0.39, 0.29) is 63.5 Å². The van der Waals surface area contributed by atoms with Crippen molar-refractivity contribution in [1.29, 1.82) is 0 Å². The molecule has 0 aromatic carbocycles. The maximum atomic E-state index is 14.4. The molecule has 1 aliphatic rings. The molecule has 1 aliphatic heterocycles. The molecule has 1 rings (SSSR count). The first-order chi connectivity index (χ1) is 40.0. The van der Waals surface area contributed by atoms with E-state index in [0.29, 0.717) is 45.2 Å². The minimum absolute atomic E-state index is 0.0328. The fourth-order valence-corrected chi connectivity index (χ4v) is 8.43. The highest BCUT2D eigenvalue weighted by Crippen LogP contribution is 2.21. The zero-order chi connectivity index (χ0) is 64.5. The molecule has 1 saturated heterocycles. The van der Waals surface area contributed by atoms with E-state index < -0.39 is 169 Å². The minimum atomic E-state index is -1.63. The van der Waals surface area contributed by atoms with Gasteiger partial charge >= 0.3 is 5.97 Å². The normalized spacial score (nSPS) is 16.0. The average molecular weight is 1210 g/mol. The summed E-state index contributed by atoms with van der Waals surface area (Å²) < 4.78 is 0. The Balaban J connectivity index is 3.07. The van der Waals surface area contributed by atoms with Gasteiger partial charge in [-0.1, -0.05) is 27.7 Å². The smallest absolute Gasteiger partial charge is 0.326 e. The van der Waals surface area contributed by atoms with Gasteiger partial charge in [-0.15, -0.1) is 0 Å². The van der Waals surface area contributed by atoms with Crippen molar-refractivity contribution >= 4 is 82.8 Å². The van der Waals surface area contributed by atoms with Crippen LogP contribution in [0.25, 0.3) is 0 Å². The van der Waals surface area contributed by atoms with Gasteiger partial charge in [-0.05, 0) is 116 Å². The number of hydrogen-bond donors (Lipinski definition) is 18. The predicted octanol–water partition coefficient (Wildman–Crippen LogP) is -7.32. The zero-order valence-electron chi connectivity index (χ0n) is 49.8. The molecule has 0 radical (unpaired) electrons. The van der Waals surface area contributed by atoms with E-state index in [9.17, 15) is 72.5 Å². The number of carbonyl (C=O) groups is 13. The lowest BCUT2D eigenvalue weighted by Gasteiger charge is -2.32. The number of guanidine groups is 1. The van der Waals surface area contributed by atoms with Crippen LogP contribution in [-0.2, 0) is 62.3 Å². The summed E-state index contributed by atoms with van der Waals surface area (Å²) in [5.41, 5.74) is 27.6. The molecule has 0 unspecified atom stereocenters. The number of unbranched alkanes of at least 4 members (excludes halogenated alkanes) is 2. The SMILES string of the molecule is CC(C)C[C@H](NC(=O)[C@H](C)NC(=O)CNC(=O)[C@H](CCCCN)NC(=O)[C@H](C)N)C(=O)N[C@H](C(=O)N1CCC[C@H]1C(=O)N[C@@H](CCCN=C(N)N)C(=O)NCC(=O)N[C@@H](CO)C(=O)N[C@@H](C)C(=O)NCC(=O)N[C@@H](CCCCN)C(=O)O)C(C)C. The van der Waals surface area contributed by atoms with Crippen LogP contribution >= 0.6 is 0 Å². The van der Waals surface area contributed by atoms with Crippen LogP contribution in [0.4, 0.5) is 0 Å². The van der Waals surface area contributed by atoms with Crippen molar-refractivity contribution in [3.05, 3.63) is 0 Å². The third-order valence-electron chi connectivity index (χ3n) is 13.2. The Kier molecular flexibility index (Phi) is 35.1. The molecular formula is C52H94N18O15. The van der Waals surface area contributed by atoms with Crippen molar-refractivity contribution in [2.45, 2.75) is 180 Å². The molecule has 33 nitrogen and oxygen atoms in total. The summed E-state index contributed by atoms with van der Waals surface area (Å²) in [6.45, 7) is 8.89. The third kappa shape index (κ3) is 29.1. The highest BCUT2D eigenvalue weighted by Gasteiger charge is 2.41. The van der Waals surface area contributed by atoms with E-state index in [2.05, 4.69) is 63.5 Å². The third-order valence-corrected chi connectivity index (χ3v) is 13.2. The summed E-state index contributed by atoms with van der Waals surface area (Å²) >= 11 is 0. The Hall–Kier alpha value is -7.78. The summed E-state index contributed by atoms with van der Waals surface area (Å²) in [5.74, 6) is -11.6. The number of aliphatic imine (C=N–C) groups is 1. The number of rotatable bonds is 40. The van der Waals surface area contributed by atoms with E-state index in [1.807, 2.05) is 0 Å². The van der Waals surface area contributed by atoms with Gasteiger partial charge in [0.25, 0.3) is 0 Å². The molecule has 0 spiro atoms. The summed E-state index contributed by atoms with van der Waals surface area (Å²) in [7, 11) is 0. The zero-order valence-corrected chi connectivity index (χ0v) is 49.8. The van der Waals surface area contributed by atoms with Crippen molar-refractivity contribution in [1.82, 2.24) is 63.4 Å². The van der Waals surface area contributed by atoms with Crippen molar-refractivity contribution in [2.75, 3.05) is 52.4 Å². The number of amides is 12. The first-order valence-electron chi connectivity index (χ1n) is 28.6. The number of carboxylic acids is 1. The highest BCUT2D eigenvalue weighted by atomic mass is 16.4. The molecule has 1 fully saturated rings. The summed E-state index contributed by atoms with van der Waals surface area (Å²) in [4.78, 5) is 175. The van der Waals surface area contributed by atoms with Crippen LogP contribution in [0.2, 0.25) is 0 Å². The summed E-state index contributed by atoms with van der Waals surface area (Å²) in [6.07, 6.45) is 3.09. The largest absolute Gasteiger partial charge is 0.480 e. The Morgan fingerprint density at radius 2 is 1.02 bits per heavy atom. The van der Waals surface area contributed by atoms with Crippen LogP contribution in [0.15, 0.2) is 4.99 Å². The van der Waals surface area contributed by atoms with Crippen LogP contribution in [0, 0.1) is 11.8 Å². The van der Waals surface area contributed by atoms with Crippen molar-refractivity contribution in [2.24, 2.45) is 45.5 Å². The number of nitrogens with one attached hydrogen (secondary N) is 11. The van der Waals surface area contributed by atoms with Crippen molar-refractivity contribution < 1.29 is 72.5 Å². The maximum Gasteiger partial charge on any atom is 0.326 e. The molecule has 33 heteroatoms. The number of carboxylic acid groups (broad SMARTS) is 1. The molecule has 1 heterocycles. The molecule has 10 atom stereocenters. The standard InChI is InChI=1S/C52H94N18O15/c1-27(2)22-35(68-44(77)31(7)62-38(72)23-60-45(78)32(14-8-10-18-53)66-42(75)29(5)55)47(80)69-41(28(3)4)50(83)70-21-13-17-37(70)49(82)67-33(16-12-20-58-52(56)57)46(79)61-25-40(74)65-36(26-71)48(81)63-30(6)43(76)59-24-39(73)64-34(51(84)85)15-9-11-19-54/h27-37,41,71H,8-26,53-55H2,1-7H3,(H,59,76)(H,60,78)(H,61,79)(H,62,72)(H,63,81)(H,64,73)(H,65,74)(H,66,75)(H,67,82)(H,68,77)(H,69,80)(H,84,85)(H4,56,57,58)/t29-,30-,31-,32-,33-,34-,35-,36-,37-,41-/m0/s1. The van der Waals surface area contributed by atoms with Gasteiger partial charge in [-0.25, -0.2) is 4.79 Å². The maximum absolute atomic E-state index is 14.4. The molecular weight excluding hydrogens is 1120 g/mol. The van der Waals surface area contributed by atoms with Gasteiger partial charge in [0.15, 0.2) is 5.96 Å². The number of nitrogens with two attached hydrogens (primary N) is 5. The number of aliphatic carboxylic acids is 1. The number of likely N-dealkylation sites (tertiary alicyclic amines) is 1. The van der Waals surface area contributed by atoms with E-state index in [4.69, 9.17) is 28.7 Å². The number of aliphatic hydroxyl groups is 1. The minimum Gasteiger partial charge on any atom is -0.480 e.